The molecule has 0 spiro atoms. The van der Waals surface area contributed by atoms with Crippen LogP contribution in [0.3, 0.4) is 0 Å². The SMILES string of the molecule is O=S(=O)([O-])c1ccccc1.O=S(=O)([O-])c1ccccc1.O=S(=O)([O-])c1ccccc1.[Al+3]. The van der Waals surface area contributed by atoms with Crippen molar-refractivity contribution in [1.29, 1.82) is 0 Å². The van der Waals surface area contributed by atoms with Crippen LogP contribution in [0.4, 0.5) is 0 Å². The fraction of sp³-hybridized carbons (Fsp3) is 0. The van der Waals surface area contributed by atoms with Gasteiger partial charge in [0.05, 0.1) is 14.7 Å². The van der Waals surface area contributed by atoms with E-state index in [1.54, 1.807) is 18.2 Å². The number of rotatable bonds is 3. The summed E-state index contributed by atoms with van der Waals surface area (Å²) in [7, 11) is -12.8. The molecule has 3 aromatic rings. The first kappa shape index (κ1) is 28.9. The molecule has 0 saturated heterocycles. The molecule has 3 aromatic carbocycles. The van der Waals surface area contributed by atoms with Crippen molar-refractivity contribution in [3.05, 3.63) is 91.0 Å². The van der Waals surface area contributed by atoms with E-state index < -0.39 is 30.4 Å². The molecule has 9 nitrogen and oxygen atoms in total. The minimum absolute atomic E-state index is 0. The Morgan fingerprint density at radius 2 is 0.548 bits per heavy atom. The average Bonchev–Trinajstić information content (AvgIpc) is 2.69. The van der Waals surface area contributed by atoms with E-state index in [0.717, 1.165) is 0 Å². The van der Waals surface area contributed by atoms with E-state index in [9.17, 15) is 38.9 Å². The van der Waals surface area contributed by atoms with Crippen LogP contribution < -0.4 is 0 Å². The quantitative estimate of drug-likeness (QED) is 0.382. The van der Waals surface area contributed by atoms with E-state index in [4.69, 9.17) is 0 Å². The average molecular weight is 498 g/mol. The Bertz CT molecular complexity index is 1070. The molecule has 0 radical (unpaired) electrons. The standard InChI is InChI=1S/3C6H6O3S.Al/c3*7-10(8,9)6-4-2-1-3-5-6;/h3*1-5H,(H,7,8,9);/q;;;+3/p-3. The molecule has 0 aliphatic carbocycles. The number of benzene rings is 3. The first-order valence-corrected chi connectivity index (χ1v) is 12.1. The van der Waals surface area contributed by atoms with Crippen LogP contribution in [-0.4, -0.2) is 56.3 Å². The molecule has 0 N–H and O–H groups in total. The summed E-state index contributed by atoms with van der Waals surface area (Å²) < 4.78 is 92.5. The van der Waals surface area contributed by atoms with Crippen LogP contribution in [0.5, 0.6) is 0 Å². The molecule has 0 fully saturated rings. The minimum Gasteiger partial charge on any atom is -0.744 e. The molecule has 0 aromatic heterocycles. The zero-order valence-electron chi connectivity index (χ0n) is 15.6. The molecule has 31 heavy (non-hydrogen) atoms. The largest absolute Gasteiger partial charge is 3.00 e. The van der Waals surface area contributed by atoms with E-state index in [2.05, 4.69) is 0 Å². The summed E-state index contributed by atoms with van der Waals surface area (Å²) in [4.78, 5) is -0.556. The van der Waals surface area contributed by atoms with E-state index in [1.807, 2.05) is 0 Å². The Morgan fingerprint density at radius 1 is 0.387 bits per heavy atom. The summed E-state index contributed by atoms with van der Waals surface area (Å²) in [6.07, 6.45) is 0. The second kappa shape index (κ2) is 12.7. The molecule has 0 heterocycles. The monoisotopic (exact) mass is 498 g/mol. The van der Waals surface area contributed by atoms with Gasteiger partial charge in [-0.2, -0.15) is 0 Å². The smallest absolute Gasteiger partial charge is 0.744 e. The molecule has 3 rings (SSSR count). The van der Waals surface area contributed by atoms with Crippen molar-refractivity contribution in [2.24, 2.45) is 0 Å². The Morgan fingerprint density at radius 3 is 0.645 bits per heavy atom. The Labute approximate surface area is 191 Å². The molecule has 0 amide bonds. The third kappa shape index (κ3) is 11.8. The Balaban J connectivity index is 0.000000429. The van der Waals surface area contributed by atoms with Crippen molar-refractivity contribution in [2.45, 2.75) is 14.7 Å². The van der Waals surface area contributed by atoms with E-state index in [1.165, 1.54) is 72.8 Å². The van der Waals surface area contributed by atoms with Crippen molar-refractivity contribution < 1.29 is 38.9 Å². The van der Waals surface area contributed by atoms with E-state index in [-0.39, 0.29) is 32.0 Å². The molecule has 0 bridgehead atoms. The van der Waals surface area contributed by atoms with Crippen LogP contribution >= 0.6 is 0 Å². The van der Waals surface area contributed by atoms with Crippen molar-refractivity contribution in [3.8, 4) is 0 Å². The van der Waals surface area contributed by atoms with Crippen LogP contribution in [-0.2, 0) is 30.4 Å². The van der Waals surface area contributed by atoms with Crippen molar-refractivity contribution in [3.63, 3.8) is 0 Å². The number of hydrogen-bond acceptors (Lipinski definition) is 9. The number of hydrogen-bond donors (Lipinski definition) is 0. The maximum absolute atomic E-state index is 10.3. The third-order valence-electron chi connectivity index (χ3n) is 3.10. The maximum Gasteiger partial charge on any atom is 3.00 e. The van der Waals surface area contributed by atoms with Gasteiger partial charge in [-0.15, -0.1) is 0 Å². The van der Waals surface area contributed by atoms with Gasteiger partial charge < -0.3 is 13.7 Å². The van der Waals surface area contributed by atoms with Crippen LogP contribution in [0.1, 0.15) is 0 Å². The van der Waals surface area contributed by atoms with E-state index >= 15 is 0 Å². The predicted octanol–water partition coefficient (Wildman–Crippen LogP) is 1.39. The van der Waals surface area contributed by atoms with Gasteiger partial charge in [-0.05, 0) is 36.4 Å². The molecule has 0 aliphatic rings. The summed E-state index contributed by atoms with van der Waals surface area (Å²) in [5.74, 6) is 0. The van der Waals surface area contributed by atoms with Crippen molar-refractivity contribution in [2.75, 3.05) is 0 Å². The van der Waals surface area contributed by atoms with Gasteiger partial charge in [-0.1, -0.05) is 54.6 Å². The first-order chi connectivity index (χ1) is 13.8. The van der Waals surface area contributed by atoms with E-state index in [0.29, 0.717) is 0 Å². The van der Waals surface area contributed by atoms with Gasteiger partial charge in [0.1, 0.15) is 30.4 Å². The fourth-order valence-electron chi connectivity index (χ4n) is 1.76. The molecule has 0 saturated carbocycles. The molecule has 162 valence electrons. The first-order valence-electron chi connectivity index (χ1n) is 7.84. The zero-order chi connectivity index (χ0) is 22.8. The normalized spacial score (nSPS) is 10.9. The Hall–Kier alpha value is -2.08. The van der Waals surface area contributed by atoms with Crippen LogP contribution in [0, 0.1) is 0 Å². The van der Waals surface area contributed by atoms with Gasteiger partial charge in [0.25, 0.3) is 0 Å². The molecule has 13 heteroatoms. The van der Waals surface area contributed by atoms with Gasteiger partial charge in [0.2, 0.25) is 0 Å². The second-order valence-electron chi connectivity index (χ2n) is 5.30. The minimum atomic E-state index is -4.25. The maximum atomic E-state index is 10.3. The van der Waals surface area contributed by atoms with Crippen LogP contribution in [0.2, 0.25) is 0 Å². The summed E-state index contributed by atoms with van der Waals surface area (Å²) in [5, 5.41) is 0. The molecular weight excluding hydrogens is 483 g/mol. The summed E-state index contributed by atoms with van der Waals surface area (Å²) in [6.45, 7) is 0. The summed E-state index contributed by atoms with van der Waals surface area (Å²) in [6, 6.07) is 21.6. The van der Waals surface area contributed by atoms with Crippen molar-refractivity contribution in [1.82, 2.24) is 0 Å². The second-order valence-corrected chi connectivity index (χ2v) is 9.44. The predicted molar refractivity (Wildman–Crippen MR) is 109 cm³/mol. The molecule has 0 aliphatic heterocycles. The van der Waals surface area contributed by atoms with Gasteiger partial charge in [0, 0.05) is 0 Å². The molecule has 0 atom stereocenters. The van der Waals surface area contributed by atoms with Crippen LogP contribution in [0.25, 0.3) is 0 Å². The fourth-order valence-corrected chi connectivity index (χ4v) is 3.23. The molecule has 0 unspecified atom stereocenters. The third-order valence-corrected chi connectivity index (χ3v) is 5.64. The van der Waals surface area contributed by atoms with Crippen LogP contribution in [0.15, 0.2) is 106 Å². The Kier molecular flexibility index (Phi) is 11.8. The topological polar surface area (TPSA) is 172 Å². The zero-order valence-corrected chi connectivity index (χ0v) is 19.2. The van der Waals surface area contributed by atoms with Gasteiger partial charge in [-0.3, -0.25) is 0 Å². The summed E-state index contributed by atoms with van der Waals surface area (Å²) in [5.41, 5.74) is 0. The van der Waals surface area contributed by atoms with Gasteiger partial charge in [0.15, 0.2) is 0 Å². The molecular formula is C18H15AlO9S3. The van der Waals surface area contributed by atoms with Crippen molar-refractivity contribution >= 4 is 47.7 Å². The summed E-state index contributed by atoms with van der Waals surface area (Å²) >= 11 is 0. The van der Waals surface area contributed by atoms with Gasteiger partial charge in [-0.25, -0.2) is 25.3 Å². The van der Waals surface area contributed by atoms with Gasteiger partial charge >= 0.3 is 17.4 Å².